The molecule has 0 radical (unpaired) electrons. The molecule has 0 spiro atoms. The van der Waals surface area contributed by atoms with Crippen molar-refractivity contribution in [3.8, 4) is 5.69 Å². The fraction of sp³-hybridized carbons (Fsp3) is 0.368. The normalized spacial score (nSPS) is 18.2. The summed E-state index contributed by atoms with van der Waals surface area (Å²) >= 11 is 0. The van der Waals surface area contributed by atoms with Gasteiger partial charge in [0.2, 0.25) is 5.91 Å². The van der Waals surface area contributed by atoms with E-state index < -0.39 is 21.8 Å². The smallest absolute Gasteiger partial charge is 0.264 e. The molecule has 29 heavy (non-hydrogen) atoms. The van der Waals surface area contributed by atoms with Gasteiger partial charge in [-0.3, -0.25) is 14.2 Å². The van der Waals surface area contributed by atoms with E-state index in [4.69, 9.17) is 0 Å². The number of fused-ring (bicyclic) bond motifs is 1. The molecule has 10 heteroatoms. The number of nitrogens with zero attached hydrogens (tertiary/aromatic N) is 4. The Labute approximate surface area is 167 Å². The number of rotatable bonds is 4. The van der Waals surface area contributed by atoms with Crippen molar-refractivity contribution < 1.29 is 13.2 Å². The highest BCUT2D eigenvalue weighted by atomic mass is 32.2. The van der Waals surface area contributed by atoms with Gasteiger partial charge in [-0.15, -0.1) is 0 Å². The maximum atomic E-state index is 12.8. The third-order valence-corrected chi connectivity index (χ3v) is 6.68. The van der Waals surface area contributed by atoms with Crippen LogP contribution in [0.3, 0.4) is 0 Å². The van der Waals surface area contributed by atoms with E-state index in [1.807, 2.05) is 32.0 Å². The molecular formula is C19H21N5O4S. The highest BCUT2D eigenvalue weighted by Gasteiger charge is 2.29. The van der Waals surface area contributed by atoms with E-state index in [-0.39, 0.29) is 23.6 Å². The van der Waals surface area contributed by atoms with Gasteiger partial charge in [-0.25, -0.2) is 18.1 Å². The monoisotopic (exact) mass is 415 g/mol. The molecular weight excluding hydrogens is 394 g/mol. The summed E-state index contributed by atoms with van der Waals surface area (Å²) in [4.78, 5) is 29.4. The number of amides is 1. The van der Waals surface area contributed by atoms with Crippen LogP contribution in [0, 0.1) is 13.8 Å². The van der Waals surface area contributed by atoms with Gasteiger partial charge in [-0.1, -0.05) is 6.07 Å². The molecule has 0 bridgehead atoms. The first-order valence-corrected chi connectivity index (χ1v) is 11.1. The van der Waals surface area contributed by atoms with E-state index in [9.17, 15) is 18.0 Å². The van der Waals surface area contributed by atoms with Crippen molar-refractivity contribution in [2.75, 3.05) is 11.5 Å². The van der Waals surface area contributed by atoms with Crippen LogP contribution in [0.4, 0.5) is 0 Å². The van der Waals surface area contributed by atoms with Gasteiger partial charge in [0, 0.05) is 6.04 Å². The fourth-order valence-electron chi connectivity index (χ4n) is 3.66. The summed E-state index contributed by atoms with van der Waals surface area (Å²) < 4.78 is 25.8. The molecule has 1 aliphatic rings. The van der Waals surface area contributed by atoms with Crippen molar-refractivity contribution in [3.63, 3.8) is 0 Å². The van der Waals surface area contributed by atoms with Crippen LogP contribution >= 0.6 is 0 Å². The molecule has 1 fully saturated rings. The number of aromatic nitrogens is 4. The van der Waals surface area contributed by atoms with E-state index in [0.29, 0.717) is 17.5 Å². The maximum Gasteiger partial charge on any atom is 0.264 e. The second-order valence-electron chi connectivity index (χ2n) is 7.48. The van der Waals surface area contributed by atoms with Crippen molar-refractivity contribution in [2.45, 2.75) is 32.9 Å². The van der Waals surface area contributed by atoms with Crippen molar-refractivity contribution in [1.29, 1.82) is 0 Å². The van der Waals surface area contributed by atoms with Gasteiger partial charge in [-0.2, -0.15) is 5.10 Å². The summed E-state index contributed by atoms with van der Waals surface area (Å²) in [6.07, 6.45) is 3.15. The molecule has 3 aromatic rings. The van der Waals surface area contributed by atoms with Gasteiger partial charge in [0.15, 0.2) is 15.5 Å². The molecule has 1 aromatic carbocycles. The standard InChI is InChI=1S/C19H21N5O4S/c1-12-5-13(2)7-15(6-12)24-18-16(8-21-24)19(26)23(11-20-18)9-17(25)22-14-3-4-29(27,28)10-14/h5-8,11,14H,3-4,9-10H2,1-2H3,(H,22,25)/t14-/m0/s1. The molecule has 1 amide bonds. The summed E-state index contributed by atoms with van der Waals surface area (Å²) in [5, 5.41) is 7.29. The zero-order chi connectivity index (χ0) is 20.8. The third-order valence-electron chi connectivity index (χ3n) is 4.92. The Morgan fingerprint density at radius 1 is 1.24 bits per heavy atom. The second-order valence-corrected chi connectivity index (χ2v) is 9.71. The van der Waals surface area contributed by atoms with E-state index in [1.54, 1.807) is 4.68 Å². The Hall–Kier alpha value is -3.01. The van der Waals surface area contributed by atoms with Crippen LogP contribution in [0.1, 0.15) is 17.5 Å². The SMILES string of the molecule is Cc1cc(C)cc(-n2ncc3c(=O)n(CC(=O)N[C@H]4CCS(=O)(=O)C4)cnc32)c1. The molecule has 1 atom stereocenters. The minimum atomic E-state index is -3.09. The summed E-state index contributed by atoms with van der Waals surface area (Å²) in [5.74, 6) is -0.409. The Morgan fingerprint density at radius 3 is 2.62 bits per heavy atom. The zero-order valence-corrected chi connectivity index (χ0v) is 16.9. The number of hydrogen-bond acceptors (Lipinski definition) is 6. The van der Waals surface area contributed by atoms with Gasteiger partial charge in [0.05, 0.1) is 23.4 Å². The quantitative estimate of drug-likeness (QED) is 0.663. The number of nitrogens with one attached hydrogen (secondary N) is 1. The lowest BCUT2D eigenvalue weighted by molar-refractivity contribution is -0.122. The van der Waals surface area contributed by atoms with E-state index in [2.05, 4.69) is 15.4 Å². The Morgan fingerprint density at radius 2 is 1.97 bits per heavy atom. The van der Waals surface area contributed by atoms with Gasteiger partial charge in [-0.05, 0) is 43.5 Å². The summed E-state index contributed by atoms with van der Waals surface area (Å²) in [7, 11) is -3.09. The van der Waals surface area contributed by atoms with Crippen LogP contribution in [-0.2, 0) is 21.2 Å². The molecule has 3 heterocycles. The molecule has 152 valence electrons. The largest absolute Gasteiger partial charge is 0.351 e. The first kappa shape index (κ1) is 19.3. The van der Waals surface area contributed by atoms with E-state index >= 15 is 0 Å². The zero-order valence-electron chi connectivity index (χ0n) is 16.1. The highest BCUT2D eigenvalue weighted by Crippen LogP contribution is 2.17. The molecule has 9 nitrogen and oxygen atoms in total. The van der Waals surface area contributed by atoms with Crippen LogP contribution in [0.5, 0.6) is 0 Å². The van der Waals surface area contributed by atoms with Crippen LogP contribution < -0.4 is 10.9 Å². The molecule has 1 N–H and O–H groups in total. The second kappa shape index (κ2) is 7.11. The Kier molecular flexibility index (Phi) is 4.73. The van der Waals surface area contributed by atoms with Crippen molar-refractivity contribution >= 4 is 26.8 Å². The minimum absolute atomic E-state index is 0.0619. The van der Waals surface area contributed by atoms with Gasteiger partial charge in [0.25, 0.3) is 5.56 Å². The highest BCUT2D eigenvalue weighted by molar-refractivity contribution is 7.91. The van der Waals surface area contributed by atoms with Crippen LogP contribution in [0.2, 0.25) is 0 Å². The number of carbonyl (C=O) groups is 1. The molecule has 1 aliphatic heterocycles. The topological polar surface area (TPSA) is 116 Å². The third kappa shape index (κ3) is 3.93. The van der Waals surface area contributed by atoms with Gasteiger partial charge >= 0.3 is 0 Å². The lowest BCUT2D eigenvalue weighted by atomic mass is 10.1. The average molecular weight is 415 g/mol. The van der Waals surface area contributed by atoms with Crippen molar-refractivity contribution in [1.82, 2.24) is 24.6 Å². The molecule has 0 unspecified atom stereocenters. The first-order chi connectivity index (χ1) is 13.7. The van der Waals surface area contributed by atoms with Gasteiger partial charge < -0.3 is 5.32 Å². The number of benzene rings is 1. The number of carbonyl (C=O) groups excluding carboxylic acids is 1. The molecule has 0 aliphatic carbocycles. The van der Waals surface area contributed by atoms with E-state index in [1.165, 1.54) is 17.1 Å². The summed E-state index contributed by atoms with van der Waals surface area (Å²) in [6.45, 7) is 3.74. The maximum absolute atomic E-state index is 12.8. The van der Waals surface area contributed by atoms with Crippen molar-refractivity contribution in [3.05, 3.63) is 52.2 Å². The Balaban J connectivity index is 1.59. The molecule has 0 saturated carbocycles. The van der Waals surface area contributed by atoms with Crippen molar-refractivity contribution in [2.24, 2.45) is 0 Å². The van der Waals surface area contributed by atoms with E-state index in [0.717, 1.165) is 16.8 Å². The van der Waals surface area contributed by atoms with Crippen LogP contribution in [-0.4, -0.2) is 51.2 Å². The first-order valence-electron chi connectivity index (χ1n) is 9.23. The number of aryl methyl sites for hydroxylation is 2. The average Bonchev–Trinajstić information content (AvgIpc) is 3.20. The molecule has 4 rings (SSSR count). The predicted octanol–water partition coefficient (Wildman–Crippen LogP) is 0.502. The predicted molar refractivity (Wildman–Crippen MR) is 108 cm³/mol. The molecule has 1 saturated heterocycles. The molecule has 2 aromatic heterocycles. The van der Waals surface area contributed by atoms with Gasteiger partial charge in [0.1, 0.15) is 18.3 Å². The minimum Gasteiger partial charge on any atom is -0.351 e. The number of sulfone groups is 1. The van der Waals surface area contributed by atoms with Crippen LogP contribution in [0.25, 0.3) is 16.7 Å². The summed E-state index contributed by atoms with van der Waals surface area (Å²) in [6, 6.07) is 5.54. The lowest BCUT2D eigenvalue weighted by Crippen LogP contribution is -2.39. The number of hydrogen-bond donors (Lipinski definition) is 1. The lowest BCUT2D eigenvalue weighted by Gasteiger charge is -2.12. The Bertz CT molecular complexity index is 1260. The fourth-order valence-corrected chi connectivity index (χ4v) is 5.33. The van der Waals surface area contributed by atoms with Crippen LogP contribution in [0.15, 0.2) is 35.5 Å². The summed E-state index contributed by atoms with van der Waals surface area (Å²) in [5.41, 5.74) is 2.99.